The van der Waals surface area contributed by atoms with E-state index in [4.69, 9.17) is 0 Å². The average Bonchev–Trinajstić information content (AvgIpc) is 2.65. The molecule has 0 aromatic heterocycles. The number of carbonyl (C=O) groups excluding carboxylic acids is 1. The predicted molar refractivity (Wildman–Crippen MR) is 101 cm³/mol. The number of hydrogen-bond acceptors (Lipinski definition) is 1. The summed E-state index contributed by atoms with van der Waals surface area (Å²) in [5.41, 5.74) is 2.56. The SMILES string of the molecule is O=C(NCc1cc(F)cc(F)c1)Nc1cccc(C#Cc2ccccc2)c1. The van der Waals surface area contributed by atoms with E-state index in [1.807, 2.05) is 36.4 Å². The third-order valence-electron chi connectivity index (χ3n) is 3.62. The zero-order valence-corrected chi connectivity index (χ0v) is 14.3. The Labute approximate surface area is 156 Å². The molecule has 0 aliphatic rings. The van der Waals surface area contributed by atoms with Gasteiger partial charge in [0.1, 0.15) is 11.6 Å². The molecule has 3 nitrogen and oxygen atoms in total. The Kier molecular flexibility index (Phi) is 5.80. The highest BCUT2D eigenvalue weighted by Crippen LogP contribution is 2.11. The van der Waals surface area contributed by atoms with Crippen molar-refractivity contribution in [3.63, 3.8) is 0 Å². The monoisotopic (exact) mass is 362 g/mol. The zero-order chi connectivity index (χ0) is 19.1. The van der Waals surface area contributed by atoms with Crippen LogP contribution in [0.3, 0.4) is 0 Å². The summed E-state index contributed by atoms with van der Waals surface area (Å²) in [7, 11) is 0. The van der Waals surface area contributed by atoms with Gasteiger partial charge in [0.25, 0.3) is 0 Å². The van der Waals surface area contributed by atoms with E-state index in [1.54, 1.807) is 18.2 Å². The highest BCUT2D eigenvalue weighted by atomic mass is 19.1. The number of amides is 2. The number of nitrogens with one attached hydrogen (secondary N) is 2. The van der Waals surface area contributed by atoms with Gasteiger partial charge in [-0.15, -0.1) is 0 Å². The first-order valence-corrected chi connectivity index (χ1v) is 8.25. The van der Waals surface area contributed by atoms with E-state index in [0.29, 0.717) is 11.3 Å². The van der Waals surface area contributed by atoms with Crippen molar-refractivity contribution in [3.8, 4) is 11.8 Å². The fourth-order valence-corrected chi connectivity index (χ4v) is 2.41. The molecule has 2 N–H and O–H groups in total. The lowest BCUT2D eigenvalue weighted by Crippen LogP contribution is -2.28. The van der Waals surface area contributed by atoms with Crippen molar-refractivity contribution in [1.29, 1.82) is 0 Å². The van der Waals surface area contributed by atoms with Crippen LogP contribution in [0.5, 0.6) is 0 Å². The minimum absolute atomic E-state index is 0.00795. The van der Waals surface area contributed by atoms with Crippen LogP contribution in [0.25, 0.3) is 0 Å². The molecule has 0 heterocycles. The summed E-state index contributed by atoms with van der Waals surface area (Å²) in [6, 6.07) is 19.3. The van der Waals surface area contributed by atoms with E-state index >= 15 is 0 Å². The smallest absolute Gasteiger partial charge is 0.319 e. The van der Waals surface area contributed by atoms with Gasteiger partial charge in [0.05, 0.1) is 0 Å². The Morgan fingerprint density at radius 3 is 2.22 bits per heavy atom. The van der Waals surface area contributed by atoms with Crippen molar-refractivity contribution < 1.29 is 13.6 Å². The van der Waals surface area contributed by atoms with Gasteiger partial charge in [-0.25, -0.2) is 13.6 Å². The van der Waals surface area contributed by atoms with Gasteiger partial charge in [-0.3, -0.25) is 0 Å². The molecular formula is C22H16F2N2O. The van der Waals surface area contributed by atoms with Crippen LogP contribution < -0.4 is 10.6 Å². The molecule has 0 unspecified atom stereocenters. The van der Waals surface area contributed by atoms with Crippen LogP contribution in [0.4, 0.5) is 19.3 Å². The lowest BCUT2D eigenvalue weighted by Gasteiger charge is -2.08. The van der Waals surface area contributed by atoms with E-state index in [9.17, 15) is 13.6 Å². The molecule has 0 saturated carbocycles. The van der Waals surface area contributed by atoms with E-state index < -0.39 is 17.7 Å². The molecule has 0 aliphatic carbocycles. The maximum Gasteiger partial charge on any atom is 0.319 e. The Morgan fingerprint density at radius 2 is 1.48 bits per heavy atom. The number of urea groups is 1. The molecule has 2 amide bonds. The molecule has 134 valence electrons. The van der Waals surface area contributed by atoms with Crippen LogP contribution in [0.15, 0.2) is 72.8 Å². The van der Waals surface area contributed by atoms with Gasteiger partial charge in [0, 0.05) is 29.4 Å². The Bertz CT molecular complexity index is 987. The number of carbonyl (C=O) groups is 1. The van der Waals surface area contributed by atoms with E-state index in [0.717, 1.165) is 17.2 Å². The highest BCUT2D eigenvalue weighted by molar-refractivity contribution is 5.89. The molecular weight excluding hydrogens is 346 g/mol. The van der Waals surface area contributed by atoms with Crippen molar-refractivity contribution in [2.75, 3.05) is 5.32 Å². The Morgan fingerprint density at radius 1 is 0.815 bits per heavy atom. The zero-order valence-electron chi connectivity index (χ0n) is 14.3. The standard InChI is InChI=1S/C22H16F2N2O/c23-19-11-18(12-20(24)14-19)15-25-22(27)26-21-8-4-7-17(13-21)10-9-16-5-2-1-3-6-16/h1-8,11-14H,15H2,(H2,25,26,27). The average molecular weight is 362 g/mol. The third-order valence-corrected chi connectivity index (χ3v) is 3.62. The molecule has 3 aromatic rings. The minimum Gasteiger partial charge on any atom is -0.334 e. The Balaban J connectivity index is 1.60. The number of rotatable bonds is 3. The van der Waals surface area contributed by atoms with Crippen molar-refractivity contribution in [2.24, 2.45) is 0 Å². The van der Waals surface area contributed by atoms with Gasteiger partial charge in [-0.2, -0.15) is 0 Å². The second-order valence-electron chi connectivity index (χ2n) is 5.78. The van der Waals surface area contributed by atoms with Gasteiger partial charge < -0.3 is 10.6 Å². The molecule has 5 heteroatoms. The first-order chi connectivity index (χ1) is 13.1. The first kappa shape index (κ1) is 18.2. The maximum absolute atomic E-state index is 13.2. The molecule has 0 spiro atoms. The third kappa shape index (κ3) is 5.68. The number of hydrogen-bond donors (Lipinski definition) is 2. The van der Waals surface area contributed by atoms with E-state index in [2.05, 4.69) is 22.5 Å². The summed E-state index contributed by atoms with van der Waals surface area (Å²) in [6.07, 6.45) is 0. The molecule has 0 atom stereocenters. The van der Waals surface area contributed by atoms with Crippen LogP contribution in [0, 0.1) is 23.5 Å². The summed E-state index contributed by atoms with van der Waals surface area (Å²) in [6.45, 7) is 0.00795. The van der Waals surface area contributed by atoms with Crippen LogP contribution in [-0.4, -0.2) is 6.03 Å². The second kappa shape index (κ2) is 8.63. The molecule has 0 fully saturated rings. The van der Waals surface area contributed by atoms with Crippen LogP contribution in [0.2, 0.25) is 0 Å². The normalized spacial score (nSPS) is 9.85. The van der Waals surface area contributed by atoms with Crippen LogP contribution in [-0.2, 0) is 6.54 Å². The molecule has 0 saturated heterocycles. The maximum atomic E-state index is 13.2. The topological polar surface area (TPSA) is 41.1 Å². The minimum atomic E-state index is -0.683. The van der Waals surface area contributed by atoms with Gasteiger partial charge in [0.15, 0.2) is 0 Å². The van der Waals surface area contributed by atoms with Gasteiger partial charge in [-0.05, 0) is 48.0 Å². The predicted octanol–water partition coefficient (Wildman–Crippen LogP) is 4.69. The lowest BCUT2D eigenvalue weighted by atomic mass is 10.1. The largest absolute Gasteiger partial charge is 0.334 e. The summed E-state index contributed by atoms with van der Waals surface area (Å²) >= 11 is 0. The number of anilines is 1. The van der Waals surface area contributed by atoms with Gasteiger partial charge in [0.2, 0.25) is 0 Å². The van der Waals surface area contributed by atoms with Gasteiger partial charge in [-0.1, -0.05) is 36.1 Å². The van der Waals surface area contributed by atoms with Crippen molar-refractivity contribution in [2.45, 2.75) is 6.54 Å². The fourth-order valence-electron chi connectivity index (χ4n) is 2.41. The summed E-state index contributed by atoms with van der Waals surface area (Å²) in [5.74, 6) is 4.72. The number of benzene rings is 3. The lowest BCUT2D eigenvalue weighted by molar-refractivity contribution is 0.251. The van der Waals surface area contributed by atoms with Crippen LogP contribution in [0.1, 0.15) is 16.7 Å². The molecule has 0 bridgehead atoms. The second-order valence-corrected chi connectivity index (χ2v) is 5.78. The van der Waals surface area contributed by atoms with Gasteiger partial charge >= 0.3 is 6.03 Å². The van der Waals surface area contributed by atoms with E-state index in [1.165, 1.54) is 12.1 Å². The van der Waals surface area contributed by atoms with Crippen molar-refractivity contribution in [3.05, 3.63) is 101 Å². The van der Waals surface area contributed by atoms with Crippen molar-refractivity contribution >= 4 is 11.7 Å². The first-order valence-electron chi connectivity index (χ1n) is 8.25. The summed E-state index contributed by atoms with van der Waals surface area (Å²) in [5, 5.41) is 5.23. The number of halogens is 2. The summed E-state index contributed by atoms with van der Waals surface area (Å²) < 4.78 is 26.3. The molecule has 0 radical (unpaired) electrons. The molecule has 0 aliphatic heterocycles. The Hall–Kier alpha value is -3.65. The molecule has 3 rings (SSSR count). The van der Waals surface area contributed by atoms with Crippen molar-refractivity contribution in [1.82, 2.24) is 5.32 Å². The van der Waals surface area contributed by atoms with Crippen LogP contribution >= 0.6 is 0 Å². The summed E-state index contributed by atoms with van der Waals surface area (Å²) in [4.78, 5) is 12.0. The highest BCUT2D eigenvalue weighted by Gasteiger charge is 2.04. The molecule has 3 aromatic carbocycles. The molecule has 27 heavy (non-hydrogen) atoms. The quantitative estimate of drug-likeness (QED) is 0.652. The fraction of sp³-hybridized carbons (Fsp3) is 0.0455. The van der Waals surface area contributed by atoms with E-state index in [-0.39, 0.29) is 6.54 Å².